The van der Waals surface area contributed by atoms with Crippen LogP contribution in [0.5, 0.6) is 0 Å². The summed E-state index contributed by atoms with van der Waals surface area (Å²) < 4.78 is 28.9. The standard InChI is InChI=1S/C27H41NO4S/c1-19(2)8-7-9-22-10-11-23-12-13-25(17-24(23)16-22)33(31,32)28(15-14-20(3)4)27(21(5)6)26(30)18-29/h10-13,16-17,19-21,27,29H,7-9,14-15,18H2,1-6H3. The quantitative estimate of drug-likeness (QED) is 0.418. The van der Waals surface area contributed by atoms with Gasteiger partial charge < -0.3 is 5.11 Å². The summed E-state index contributed by atoms with van der Waals surface area (Å²) in [6.45, 7) is 11.7. The minimum absolute atomic E-state index is 0.189. The molecule has 0 saturated carbocycles. The van der Waals surface area contributed by atoms with Gasteiger partial charge in [-0.1, -0.05) is 72.2 Å². The Morgan fingerprint density at radius 3 is 2.12 bits per heavy atom. The predicted molar refractivity (Wildman–Crippen MR) is 136 cm³/mol. The number of nitrogens with zero attached hydrogens (tertiary/aromatic N) is 1. The first-order chi connectivity index (χ1) is 15.5. The van der Waals surface area contributed by atoms with Crippen molar-refractivity contribution in [1.29, 1.82) is 0 Å². The SMILES string of the molecule is CC(C)CCCc1ccc2ccc(S(=O)(=O)N(CCC(C)C)C(C(=O)CO)C(C)C)cc2c1. The molecule has 1 N–H and O–H groups in total. The summed E-state index contributed by atoms with van der Waals surface area (Å²) in [5.74, 6) is 0.226. The van der Waals surface area contributed by atoms with Crippen LogP contribution in [0.2, 0.25) is 0 Å². The van der Waals surface area contributed by atoms with Crippen LogP contribution in [0.25, 0.3) is 10.8 Å². The Hall–Kier alpha value is -1.76. The highest BCUT2D eigenvalue weighted by Gasteiger charge is 2.37. The third-order valence-electron chi connectivity index (χ3n) is 6.08. The highest BCUT2D eigenvalue weighted by atomic mass is 32.2. The number of hydrogen-bond donors (Lipinski definition) is 1. The molecule has 0 aromatic heterocycles. The molecule has 1 unspecified atom stereocenters. The number of benzene rings is 2. The van der Waals surface area contributed by atoms with Crippen molar-refractivity contribution in [3.8, 4) is 0 Å². The highest BCUT2D eigenvalue weighted by Crippen LogP contribution is 2.27. The zero-order valence-electron chi connectivity index (χ0n) is 21.0. The highest BCUT2D eigenvalue weighted by molar-refractivity contribution is 7.89. The molecule has 2 rings (SSSR count). The van der Waals surface area contributed by atoms with Crippen molar-refractivity contribution in [2.24, 2.45) is 17.8 Å². The van der Waals surface area contributed by atoms with Gasteiger partial charge in [0.05, 0.1) is 10.9 Å². The number of hydrogen-bond acceptors (Lipinski definition) is 4. The van der Waals surface area contributed by atoms with E-state index in [0.29, 0.717) is 12.3 Å². The number of carbonyl (C=O) groups excluding carboxylic acids is 1. The van der Waals surface area contributed by atoms with E-state index in [9.17, 15) is 18.3 Å². The number of aryl methyl sites for hydroxylation is 1. The second-order valence-corrected chi connectivity index (χ2v) is 12.1. The molecule has 0 bridgehead atoms. The van der Waals surface area contributed by atoms with Crippen LogP contribution in [0.4, 0.5) is 0 Å². The normalized spacial score (nSPS) is 13.5. The van der Waals surface area contributed by atoms with Gasteiger partial charge in [-0.2, -0.15) is 4.31 Å². The summed E-state index contributed by atoms with van der Waals surface area (Å²) in [6.07, 6.45) is 3.86. The van der Waals surface area contributed by atoms with Gasteiger partial charge in [-0.05, 0) is 65.5 Å². The van der Waals surface area contributed by atoms with Crippen LogP contribution in [0.15, 0.2) is 41.3 Å². The lowest BCUT2D eigenvalue weighted by molar-refractivity contribution is -0.126. The van der Waals surface area contributed by atoms with Crippen molar-refractivity contribution in [2.45, 2.75) is 78.2 Å². The fraction of sp³-hybridized carbons (Fsp3) is 0.593. The Morgan fingerprint density at radius 1 is 0.909 bits per heavy atom. The number of fused-ring (bicyclic) bond motifs is 1. The first-order valence-corrected chi connectivity index (χ1v) is 13.6. The molecule has 0 aliphatic carbocycles. The van der Waals surface area contributed by atoms with E-state index in [2.05, 4.69) is 26.0 Å². The van der Waals surface area contributed by atoms with E-state index >= 15 is 0 Å². The Labute approximate surface area is 200 Å². The van der Waals surface area contributed by atoms with Gasteiger partial charge >= 0.3 is 0 Å². The Balaban J connectivity index is 2.47. The van der Waals surface area contributed by atoms with E-state index in [1.165, 1.54) is 9.87 Å². The largest absolute Gasteiger partial charge is 0.389 e. The number of ketones is 1. The van der Waals surface area contributed by atoms with Crippen LogP contribution in [-0.2, 0) is 21.2 Å². The molecule has 0 saturated heterocycles. The Bertz CT molecular complexity index is 1030. The fourth-order valence-electron chi connectivity index (χ4n) is 4.19. The Kier molecular flexibility index (Phi) is 10.1. The molecule has 0 radical (unpaired) electrons. The average Bonchev–Trinajstić information content (AvgIpc) is 2.74. The lowest BCUT2D eigenvalue weighted by Crippen LogP contribution is -2.49. The molecule has 0 heterocycles. The topological polar surface area (TPSA) is 74.7 Å². The summed E-state index contributed by atoms with van der Waals surface area (Å²) in [5.41, 5.74) is 1.20. The van der Waals surface area contributed by atoms with Gasteiger partial charge in [-0.15, -0.1) is 0 Å². The van der Waals surface area contributed by atoms with Crippen LogP contribution in [0.3, 0.4) is 0 Å². The van der Waals surface area contributed by atoms with Gasteiger partial charge in [0.1, 0.15) is 6.61 Å². The molecular weight excluding hydrogens is 434 g/mol. The third kappa shape index (κ3) is 7.36. The zero-order valence-corrected chi connectivity index (χ0v) is 21.9. The smallest absolute Gasteiger partial charge is 0.243 e. The molecule has 0 fully saturated rings. The first-order valence-electron chi connectivity index (χ1n) is 12.2. The molecule has 0 aliphatic rings. The lowest BCUT2D eigenvalue weighted by atomic mass is 9.99. The number of sulfonamides is 1. The fourth-order valence-corrected chi connectivity index (χ4v) is 5.99. The van der Waals surface area contributed by atoms with Gasteiger partial charge in [0.25, 0.3) is 0 Å². The number of rotatable bonds is 13. The van der Waals surface area contributed by atoms with Crippen molar-refractivity contribution in [2.75, 3.05) is 13.2 Å². The molecule has 6 heteroatoms. The molecule has 184 valence electrons. The maximum atomic E-state index is 13.8. The van der Waals surface area contributed by atoms with E-state index in [4.69, 9.17) is 0 Å². The maximum absolute atomic E-state index is 13.8. The molecule has 2 aromatic carbocycles. The van der Waals surface area contributed by atoms with E-state index in [-0.39, 0.29) is 23.3 Å². The number of aliphatic hydroxyl groups excluding tert-OH is 1. The van der Waals surface area contributed by atoms with Gasteiger partial charge in [-0.3, -0.25) is 4.79 Å². The minimum atomic E-state index is -3.93. The van der Waals surface area contributed by atoms with E-state index < -0.39 is 28.5 Å². The summed E-state index contributed by atoms with van der Waals surface area (Å²) in [5, 5.41) is 11.4. The number of carbonyl (C=O) groups is 1. The summed E-state index contributed by atoms with van der Waals surface area (Å²) in [4.78, 5) is 12.8. The lowest BCUT2D eigenvalue weighted by Gasteiger charge is -2.32. The Morgan fingerprint density at radius 2 is 1.55 bits per heavy atom. The van der Waals surface area contributed by atoms with E-state index in [1.54, 1.807) is 12.1 Å². The van der Waals surface area contributed by atoms with E-state index in [0.717, 1.165) is 30.0 Å². The summed E-state index contributed by atoms with van der Waals surface area (Å²) in [7, 11) is -3.93. The van der Waals surface area contributed by atoms with Crippen molar-refractivity contribution in [3.05, 3.63) is 42.0 Å². The summed E-state index contributed by atoms with van der Waals surface area (Å²) >= 11 is 0. The maximum Gasteiger partial charge on any atom is 0.243 e. The average molecular weight is 476 g/mol. The molecule has 0 aliphatic heterocycles. The van der Waals surface area contributed by atoms with Crippen molar-refractivity contribution < 1.29 is 18.3 Å². The van der Waals surface area contributed by atoms with Crippen molar-refractivity contribution >= 4 is 26.6 Å². The molecule has 1 atom stereocenters. The number of aliphatic hydroxyl groups is 1. The predicted octanol–water partition coefficient (Wildman–Crippen LogP) is 5.44. The van der Waals surface area contributed by atoms with Crippen molar-refractivity contribution in [1.82, 2.24) is 4.31 Å². The minimum Gasteiger partial charge on any atom is -0.389 e. The first kappa shape index (κ1) is 27.5. The van der Waals surface area contributed by atoms with Gasteiger partial charge in [0.15, 0.2) is 5.78 Å². The van der Waals surface area contributed by atoms with Crippen LogP contribution in [-0.4, -0.2) is 42.8 Å². The van der Waals surface area contributed by atoms with Crippen LogP contribution >= 0.6 is 0 Å². The third-order valence-corrected chi connectivity index (χ3v) is 7.96. The number of Topliss-reactive ketones (excluding diaryl/α,β-unsaturated/α-hetero) is 1. The molecular formula is C27H41NO4S. The van der Waals surface area contributed by atoms with Crippen LogP contribution in [0, 0.1) is 17.8 Å². The van der Waals surface area contributed by atoms with E-state index in [1.807, 2.05) is 39.8 Å². The molecule has 5 nitrogen and oxygen atoms in total. The second-order valence-electron chi connectivity index (χ2n) is 10.2. The molecule has 0 amide bonds. The zero-order chi connectivity index (χ0) is 24.8. The van der Waals surface area contributed by atoms with Crippen molar-refractivity contribution in [3.63, 3.8) is 0 Å². The molecule has 0 spiro atoms. The van der Waals surface area contributed by atoms with Gasteiger partial charge in [0, 0.05) is 6.54 Å². The monoisotopic (exact) mass is 475 g/mol. The van der Waals surface area contributed by atoms with Gasteiger partial charge in [0.2, 0.25) is 10.0 Å². The van der Waals surface area contributed by atoms with Gasteiger partial charge in [-0.25, -0.2) is 8.42 Å². The van der Waals surface area contributed by atoms with Crippen LogP contribution < -0.4 is 0 Å². The molecule has 2 aromatic rings. The summed E-state index contributed by atoms with van der Waals surface area (Å²) in [6, 6.07) is 10.5. The molecule has 33 heavy (non-hydrogen) atoms. The second kappa shape index (κ2) is 12.1. The van der Waals surface area contributed by atoms with Crippen LogP contribution in [0.1, 0.15) is 66.4 Å².